The van der Waals surface area contributed by atoms with Crippen LogP contribution in [-0.2, 0) is 0 Å². The molecule has 3 aromatic rings. The molecule has 1 atom stereocenters. The van der Waals surface area contributed by atoms with Crippen molar-refractivity contribution in [3.8, 4) is 17.5 Å². The molecule has 0 bridgehead atoms. The molecule has 0 fully saturated rings. The molecule has 0 unspecified atom stereocenters. The summed E-state index contributed by atoms with van der Waals surface area (Å²) in [7, 11) is 0. The number of hydrogen-bond acceptors (Lipinski definition) is 5. The minimum Gasteiger partial charge on any atom is -0.387 e. The standard InChI is InChI=1S/C19H18FN5O2.ClH/c1-19(2,27)17(20)11-23-18(26)13-3-5-15(22-10-13)16-6-4-14-7-12(8-21)9-24-25(14)16;/h3-7,9-10,17,27H,11H2,1-2H3,(H,23,26);1H/t17-;/m1./s1. The number of hydrogen-bond donors (Lipinski definition) is 2. The Morgan fingerprint density at radius 1 is 1.36 bits per heavy atom. The molecule has 3 rings (SSSR count). The fraction of sp³-hybridized carbons (Fsp3) is 0.263. The molecule has 7 nitrogen and oxygen atoms in total. The van der Waals surface area contributed by atoms with Gasteiger partial charge in [-0.25, -0.2) is 8.91 Å². The van der Waals surface area contributed by atoms with Gasteiger partial charge in [-0.3, -0.25) is 9.78 Å². The Morgan fingerprint density at radius 3 is 2.71 bits per heavy atom. The molecule has 0 aliphatic heterocycles. The van der Waals surface area contributed by atoms with Crippen molar-refractivity contribution in [2.45, 2.75) is 25.6 Å². The van der Waals surface area contributed by atoms with Crippen LogP contribution in [0.2, 0.25) is 0 Å². The van der Waals surface area contributed by atoms with Crippen LogP contribution in [0.3, 0.4) is 0 Å². The Balaban J connectivity index is 0.00000280. The first kappa shape index (κ1) is 21.3. The maximum absolute atomic E-state index is 13.7. The van der Waals surface area contributed by atoms with Crippen molar-refractivity contribution in [2.24, 2.45) is 0 Å². The lowest BCUT2D eigenvalue weighted by atomic mass is 10.0. The number of nitrogens with one attached hydrogen (secondary N) is 1. The van der Waals surface area contributed by atoms with Crippen LogP contribution in [0.4, 0.5) is 4.39 Å². The SMILES string of the molecule is CC(C)(O)[C@H](F)CNC(=O)c1ccc(-c2ccc3cc(C#N)cnn23)nc1.Cl. The Morgan fingerprint density at radius 2 is 2.11 bits per heavy atom. The lowest BCUT2D eigenvalue weighted by molar-refractivity contribution is -0.00178. The molecule has 146 valence electrons. The molecule has 1 amide bonds. The predicted molar refractivity (Wildman–Crippen MR) is 104 cm³/mol. The number of carbonyl (C=O) groups excluding carboxylic acids is 1. The zero-order valence-electron chi connectivity index (χ0n) is 15.3. The number of aliphatic hydroxyl groups is 1. The minimum atomic E-state index is -1.58. The Bertz CT molecular complexity index is 1020. The number of pyridine rings is 1. The van der Waals surface area contributed by atoms with Gasteiger partial charge in [0.2, 0.25) is 0 Å². The van der Waals surface area contributed by atoms with Crippen LogP contribution in [-0.4, -0.2) is 43.9 Å². The van der Waals surface area contributed by atoms with Gasteiger partial charge in [0.25, 0.3) is 5.91 Å². The quantitative estimate of drug-likeness (QED) is 0.681. The smallest absolute Gasteiger partial charge is 0.252 e. The fourth-order valence-electron chi connectivity index (χ4n) is 2.47. The van der Waals surface area contributed by atoms with Gasteiger partial charge < -0.3 is 10.4 Å². The predicted octanol–water partition coefficient (Wildman–Crippen LogP) is 2.53. The second kappa shape index (κ2) is 8.33. The van der Waals surface area contributed by atoms with Gasteiger partial charge in [0, 0.05) is 6.20 Å². The van der Waals surface area contributed by atoms with Crippen LogP contribution in [0.15, 0.2) is 42.7 Å². The van der Waals surface area contributed by atoms with E-state index in [-0.39, 0.29) is 24.5 Å². The summed E-state index contributed by atoms with van der Waals surface area (Å²) in [5.41, 5.74) is 1.29. The van der Waals surface area contributed by atoms with E-state index in [4.69, 9.17) is 5.26 Å². The molecular formula is C19H19ClFN5O2. The highest BCUT2D eigenvalue weighted by Gasteiger charge is 2.26. The third kappa shape index (κ3) is 4.44. The van der Waals surface area contributed by atoms with Crippen molar-refractivity contribution < 1.29 is 14.3 Å². The molecule has 0 spiro atoms. The highest BCUT2D eigenvalue weighted by molar-refractivity contribution is 5.94. The Kier molecular flexibility index (Phi) is 6.33. The second-order valence-corrected chi connectivity index (χ2v) is 6.67. The van der Waals surface area contributed by atoms with E-state index >= 15 is 0 Å². The summed E-state index contributed by atoms with van der Waals surface area (Å²) in [6.45, 7) is 2.39. The van der Waals surface area contributed by atoms with E-state index in [2.05, 4.69) is 15.4 Å². The number of nitrogens with zero attached hydrogens (tertiary/aromatic N) is 4. The molecule has 28 heavy (non-hydrogen) atoms. The third-order valence-electron chi connectivity index (χ3n) is 4.13. The van der Waals surface area contributed by atoms with Gasteiger partial charge in [-0.15, -0.1) is 12.4 Å². The number of fused-ring (bicyclic) bond motifs is 1. The van der Waals surface area contributed by atoms with E-state index in [1.807, 2.05) is 18.2 Å². The lowest BCUT2D eigenvalue weighted by Crippen LogP contribution is -2.42. The molecule has 3 aromatic heterocycles. The molecule has 9 heteroatoms. The number of rotatable bonds is 5. The summed E-state index contributed by atoms with van der Waals surface area (Å²) in [5, 5.41) is 25.2. The first-order chi connectivity index (χ1) is 12.8. The van der Waals surface area contributed by atoms with Crippen LogP contribution >= 0.6 is 12.4 Å². The number of carbonyl (C=O) groups is 1. The minimum absolute atomic E-state index is 0. The van der Waals surface area contributed by atoms with E-state index in [1.165, 1.54) is 26.2 Å². The summed E-state index contributed by atoms with van der Waals surface area (Å²) in [4.78, 5) is 16.4. The molecule has 0 aliphatic rings. The van der Waals surface area contributed by atoms with Gasteiger partial charge >= 0.3 is 0 Å². The zero-order valence-corrected chi connectivity index (χ0v) is 16.1. The second-order valence-electron chi connectivity index (χ2n) is 6.67. The summed E-state index contributed by atoms with van der Waals surface area (Å²) in [5.74, 6) is -0.474. The van der Waals surface area contributed by atoms with Crippen molar-refractivity contribution in [3.63, 3.8) is 0 Å². The topological polar surface area (TPSA) is 103 Å². The van der Waals surface area contributed by atoms with Gasteiger partial charge in [0.15, 0.2) is 0 Å². The summed E-state index contributed by atoms with van der Waals surface area (Å²) in [6, 6.07) is 10.6. The van der Waals surface area contributed by atoms with Crippen LogP contribution in [0.1, 0.15) is 29.8 Å². The molecule has 0 saturated carbocycles. The fourth-order valence-corrected chi connectivity index (χ4v) is 2.47. The van der Waals surface area contributed by atoms with Crippen LogP contribution in [0.5, 0.6) is 0 Å². The number of alkyl halides is 1. The molecule has 0 aliphatic carbocycles. The summed E-state index contributed by atoms with van der Waals surface area (Å²) in [6.07, 6.45) is 1.28. The van der Waals surface area contributed by atoms with Gasteiger partial charge in [0.1, 0.15) is 12.2 Å². The van der Waals surface area contributed by atoms with Gasteiger partial charge in [-0.2, -0.15) is 10.4 Å². The van der Waals surface area contributed by atoms with Gasteiger partial charge in [-0.1, -0.05) is 0 Å². The average molecular weight is 404 g/mol. The van der Waals surface area contributed by atoms with Crippen LogP contribution in [0, 0.1) is 11.3 Å². The molecule has 2 N–H and O–H groups in total. The first-order valence-corrected chi connectivity index (χ1v) is 8.28. The number of aromatic nitrogens is 3. The molecular weight excluding hydrogens is 385 g/mol. The lowest BCUT2D eigenvalue weighted by Gasteiger charge is -2.22. The Labute approximate surface area is 167 Å². The Hall–Kier alpha value is -3.02. The summed E-state index contributed by atoms with van der Waals surface area (Å²) >= 11 is 0. The maximum Gasteiger partial charge on any atom is 0.252 e. The van der Waals surface area contributed by atoms with Gasteiger partial charge in [0.05, 0.1) is 46.4 Å². The normalized spacial score (nSPS) is 12.1. The number of halogens is 2. The van der Waals surface area contributed by atoms with Crippen LogP contribution in [0.25, 0.3) is 16.9 Å². The van der Waals surface area contributed by atoms with E-state index in [0.717, 1.165) is 5.52 Å². The highest BCUT2D eigenvalue weighted by atomic mass is 35.5. The number of amides is 1. The van der Waals surface area contributed by atoms with Crippen molar-refractivity contribution in [2.75, 3.05) is 6.54 Å². The molecule has 3 heterocycles. The van der Waals surface area contributed by atoms with E-state index in [0.29, 0.717) is 17.0 Å². The van der Waals surface area contributed by atoms with E-state index < -0.39 is 17.7 Å². The van der Waals surface area contributed by atoms with E-state index in [9.17, 15) is 14.3 Å². The zero-order chi connectivity index (χ0) is 19.6. The summed E-state index contributed by atoms with van der Waals surface area (Å²) < 4.78 is 15.4. The molecule has 0 saturated heterocycles. The van der Waals surface area contributed by atoms with E-state index in [1.54, 1.807) is 22.7 Å². The maximum atomic E-state index is 13.7. The average Bonchev–Trinajstić information content (AvgIpc) is 3.08. The van der Waals surface area contributed by atoms with Crippen molar-refractivity contribution in [1.82, 2.24) is 19.9 Å². The van der Waals surface area contributed by atoms with Crippen molar-refractivity contribution in [3.05, 3.63) is 53.9 Å². The molecule has 0 radical (unpaired) electrons. The van der Waals surface area contributed by atoms with Gasteiger partial charge in [-0.05, 0) is 44.2 Å². The highest BCUT2D eigenvalue weighted by Crippen LogP contribution is 2.20. The van der Waals surface area contributed by atoms with Crippen molar-refractivity contribution in [1.29, 1.82) is 5.26 Å². The molecule has 0 aromatic carbocycles. The largest absolute Gasteiger partial charge is 0.387 e. The monoisotopic (exact) mass is 403 g/mol. The third-order valence-corrected chi connectivity index (χ3v) is 4.13. The first-order valence-electron chi connectivity index (χ1n) is 8.28. The number of nitriles is 1. The van der Waals surface area contributed by atoms with Crippen LogP contribution < -0.4 is 5.32 Å². The van der Waals surface area contributed by atoms with Crippen molar-refractivity contribution >= 4 is 23.8 Å².